The maximum absolute atomic E-state index is 5.58. The van der Waals surface area contributed by atoms with Gasteiger partial charge in [-0.15, -0.1) is 0 Å². The number of hydrogen-bond donors (Lipinski definition) is 0. The second kappa shape index (κ2) is 3.75. The van der Waals surface area contributed by atoms with Crippen molar-refractivity contribution >= 4 is 8.07 Å². The summed E-state index contributed by atoms with van der Waals surface area (Å²) in [6, 6.07) is 1.22. The highest BCUT2D eigenvalue weighted by molar-refractivity contribution is 6.76. The van der Waals surface area contributed by atoms with Crippen LogP contribution in [0.1, 0.15) is 12.8 Å². The standard InChI is InChI=1S/C10H20OSi/c1-9(8-12(2,3)4)10-6-5-7-11-10/h10H,1,5-8H2,2-4H3. The third-order valence-electron chi connectivity index (χ3n) is 2.14. The molecule has 0 aromatic carbocycles. The minimum absolute atomic E-state index is 0.386. The maximum Gasteiger partial charge on any atom is 0.0780 e. The Bertz CT molecular complexity index is 163. The molecular weight excluding hydrogens is 164 g/mol. The molecule has 0 bridgehead atoms. The van der Waals surface area contributed by atoms with Crippen molar-refractivity contribution in [3.8, 4) is 0 Å². The van der Waals surface area contributed by atoms with Crippen LogP contribution in [0.15, 0.2) is 12.2 Å². The van der Waals surface area contributed by atoms with Crippen molar-refractivity contribution < 1.29 is 4.74 Å². The number of ether oxygens (including phenoxy) is 1. The molecule has 0 amide bonds. The van der Waals surface area contributed by atoms with Crippen molar-refractivity contribution in [3.63, 3.8) is 0 Å². The highest BCUT2D eigenvalue weighted by Gasteiger charge is 2.23. The van der Waals surface area contributed by atoms with Gasteiger partial charge in [0.15, 0.2) is 0 Å². The minimum atomic E-state index is -0.967. The SMILES string of the molecule is C=C(C[Si](C)(C)C)C1CCCO1. The lowest BCUT2D eigenvalue weighted by atomic mass is 10.1. The lowest BCUT2D eigenvalue weighted by Crippen LogP contribution is -2.23. The maximum atomic E-state index is 5.58. The summed E-state index contributed by atoms with van der Waals surface area (Å²) >= 11 is 0. The van der Waals surface area contributed by atoms with Crippen molar-refractivity contribution in [2.75, 3.05) is 6.61 Å². The van der Waals surface area contributed by atoms with Crippen LogP contribution in [0.5, 0.6) is 0 Å². The molecule has 2 heteroatoms. The van der Waals surface area contributed by atoms with Crippen LogP contribution in [-0.4, -0.2) is 20.8 Å². The fourth-order valence-corrected chi connectivity index (χ4v) is 3.28. The zero-order valence-electron chi connectivity index (χ0n) is 8.52. The fourth-order valence-electron chi connectivity index (χ4n) is 1.69. The molecule has 1 atom stereocenters. The van der Waals surface area contributed by atoms with Crippen LogP contribution in [0.2, 0.25) is 25.7 Å². The minimum Gasteiger partial charge on any atom is -0.374 e. The third kappa shape index (κ3) is 3.11. The molecule has 0 radical (unpaired) electrons. The predicted octanol–water partition coefficient (Wildman–Crippen LogP) is 3.06. The van der Waals surface area contributed by atoms with Crippen molar-refractivity contribution in [3.05, 3.63) is 12.2 Å². The van der Waals surface area contributed by atoms with Gasteiger partial charge in [0.1, 0.15) is 0 Å². The molecule has 1 saturated heterocycles. The van der Waals surface area contributed by atoms with E-state index in [1.54, 1.807) is 0 Å². The molecule has 1 unspecified atom stereocenters. The van der Waals surface area contributed by atoms with E-state index in [1.807, 2.05) is 0 Å². The van der Waals surface area contributed by atoms with Crippen molar-refractivity contribution in [1.82, 2.24) is 0 Å². The van der Waals surface area contributed by atoms with Gasteiger partial charge in [0.25, 0.3) is 0 Å². The van der Waals surface area contributed by atoms with Gasteiger partial charge in [0, 0.05) is 14.7 Å². The summed E-state index contributed by atoms with van der Waals surface area (Å²) in [4.78, 5) is 0. The van der Waals surface area contributed by atoms with Crippen LogP contribution in [0.25, 0.3) is 0 Å². The van der Waals surface area contributed by atoms with Crippen molar-refractivity contribution in [1.29, 1.82) is 0 Å². The molecule has 1 aliphatic heterocycles. The molecular formula is C10H20OSi. The molecule has 0 saturated carbocycles. The lowest BCUT2D eigenvalue weighted by molar-refractivity contribution is 0.137. The van der Waals surface area contributed by atoms with Crippen molar-refractivity contribution in [2.45, 2.75) is 44.6 Å². The van der Waals surface area contributed by atoms with Crippen LogP contribution in [0.4, 0.5) is 0 Å². The average molecular weight is 184 g/mol. The summed E-state index contributed by atoms with van der Waals surface area (Å²) < 4.78 is 5.58. The Morgan fingerprint density at radius 3 is 2.58 bits per heavy atom. The second-order valence-electron chi connectivity index (χ2n) is 4.90. The molecule has 0 spiro atoms. The summed E-state index contributed by atoms with van der Waals surface area (Å²) in [5, 5.41) is 0. The Morgan fingerprint density at radius 1 is 1.50 bits per heavy atom. The Balaban J connectivity index is 2.37. The van der Waals surface area contributed by atoms with Gasteiger partial charge in [-0.1, -0.05) is 31.8 Å². The van der Waals surface area contributed by atoms with Gasteiger partial charge in [0.05, 0.1) is 6.10 Å². The first kappa shape index (κ1) is 10.0. The van der Waals surface area contributed by atoms with E-state index < -0.39 is 8.07 Å². The highest BCUT2D eigenvalue weighted by Crippen LogP contribution is 2.25. The summed E-state index contributed by atoms with van der Waals surface area (Å²) in [7, 11) is -0.967. The third-order valence-corrected chi connectivity index (χ3v) is 3.66. The summed E-state index contributed by atoms with van der Waals surface area (Å²) in [5.74, 6) is 0. The van der Waals surface area contributed by atoms with Gasteiger partial charge in [-0.2, -0.15) is 0 Å². The Kier molecular flexibility index (Phi) is 3.13. The normalized spacial score (nSPS) is 24.4. The van der Waals surface area contributed by atoms with Crippen molar-refractivity contribution in [2.24, 2.45) is 0 Å². The van der Waals surface area contributed by atoms with Gasteiger partial charge in [0.2, 0.25) is 0 Å². The molecule has 0 aromatic rings. The monoisotopic (exact) mass is 184 g/mol. The molecule has 70 valence electrons. The van der Waals surface area contributed by atoms with E-state index in [0.717, 1.165) is 6.61 Å². The molecule has 1 rings (SSSR count). The van der Waals surface area contributed by atoms with Gasteiger partial charge in [-0.25, -0.2) is 0 Å². The lowest BCUT2D eigenvalue weighted by Gasteiger charge is -2.21. The molecule has 1 aliphatic rings. The number of hydrogen-bond acceptors (Lipinski definition) is 1. The van der Waals surface area contributed by atoms with Crippen LogP contribution in [0.3, 0.4) is 0 Å². The number of rotatable bonds is 3. The van der Waals surface area contributed by atoms with Crippen LogP contribution in [-0.2, 0) is 4.74 Å². The van der Waals surface area contributed by atoms with E-state index in [0.29, 0.717) is 6.10 Å². The summed E-state index contributed by atoms with van der Waals surface area (Å²) in [6.07, 6.45) is 2.80. The highest BCUT2D eigenvalue weighted by atomic mass is 28.3. The first-order valence-corrected chi connectivity index (χ1v) is 8.49. The van der Waals surface area contributed by atoms with E-state index >= 15 is 0 Å². The molecule has 1 heterocycles. The smallest absolute Gasteiger partial charge is 0.0780 e. The Hall–Kier alpha value is -0.0831. The van der Waals surface area contributed by atoms with E-state index in [4.69, 9.17) is 4.74 Å². The largest absolute Gasteiger partial charge is 0.374 e. The van der Waals surface area contributed by atoms with E-state index in [-0.39, 0.29) is 0 Å². The molecule has 1 nitrogen and oxygen atoms in total. The van der Waals surface area contributed by atoms with Gasteiger partial charge >= 0.3 is 0 Å². The van der Waals surface area contributed by atoms with Crippen LogP contribution in [0, 0.1) is 0 Å². The zero-order chi connectivity index (χ0) is 9.19. The summed E-state index contributed by atoms with van der Waals surface area (Å²) in [6.45, 7) is 12.2. The molecule has 12 heavy (non-hydrogen) atoms. The Morgan fingerprint density at radius 2 is 2.17 bits per heavy atom. The van der Waals surface area contributed by atoms with Crippen LogP contribution >= 0.6 is 0 Å². The topological polar surface area (TPSA) is 9.23 Å². The Labute approximate surface area is 76.8 Å². The molecule has 1 fully saturated rings. The van der Waals surface area contributed by atoms with Gasteiger partial charge in [-0.3, -0.25) is 0 Å². The fraction of sp³-hybridized carbons (Fsp3) is 0.800. The second-order valence-corrected chi connectivity index (χ2v) is 10.4. The summed E-state index contributed by atoms with van der Waals surface area (Å²) in [5.41, 5.74) is 1.34. The van der Waals surface area contributed by atoms with Crippen LogP contribution < -0.4 is 0 Å². The van der Waals surface area contributed by atoms with Gasteiger partial charge < -0.3 is 4.74 Å². The van der Waals surface area contributed by atoms with E-state index in [9.17, 15) is 0 Å². The predicted molar refractivity (Wildman–Crippen MR) is 56.3 cm³/mol. The zero-order valence-corrected chi connectivity index (χ0v) is 9.52. The molecule has 0 N–H and O–H groups in total. The molecule has 0 aliphatic carbocycles. The van der Waals surface area contributed by atoms with E-state index in [2.05, 4.69) is 26.2 Å². The average Bonchev–Trinajstić information content (AvgIpc) is 2.32. The molecule has 0 aromatic heterocycles. The quantitative estimate of drug-likeness (QED) is 0.484. The van der Waals surface area contributed by atoms with E-state index in [1.165, 1.54) is 24.5 Å². The van der Waals surface area contributed by atoms with Gasteiger partial charge in [-0.05, 0) is 18.9 Å². The first-order chi connectivity index (χ1) is 5.49. The first-order valence-electron chi connectivity index (χ1n) is 4.78.